The molecule has 0 spiro atoms. The number of allylic oxidation sites excluding steroid dienone is 3. The zero-order valence-corrected chi connectivity index (χ0v) is 20.4. The highest BCUT2D eigenvalue weighted by molar-refractivity contribution is 5.98. The number of hydrogen-bond acceptors (Lipinski definition) is 5. The maximum Gasteiger partial charge on any atom is 0.407 e. The van der Waals surface area contributed by atoms with E-state index in [1.807, 2.05) is 55.5 Å². The SMILES string of the molecule is C/C=C\C=C/Oc1ccc(C(CNC(=O)OC(C)(C)C)C(=O)Nc2ccc3cnccc3c2)cc1. The Balaban J connectivity index is 1.78. The van der Waals surface area contributed by atoms with E-state index in [0.717, 1.165) is 16.3 Å². The number of benzene rings is 2. The van der Waals surface area contributed by atoms with Gasteiger partial charge in [0.1, 0.15) is 11.4 Å². The third kappa shape index (κ3) is 7.99. The van der Waals surface area contributed by atoms with Gasteiger partial charge in [-0.05, 0) is 75.1 Å². The average Bonchev–Trinajstić information content (AvgIpc) is 2.81. The Labute approximate surface area is 205 Å². The lowest BCUT2D eigenvalue weighted by molar-refractivity contribution is -0.117. The van der Waals surface area contributed by atoms with E-state index < -0.39 is 17.6 Å². The van der Waals surface area contributed by atoms with Crippen molar-refractivity contribution in [3.05, 3.63) is 91.0 Å². The molecule has 35 heavy (non-hydrogen) atoms. The quantitative estimate of drug-likeness (QED) is 0.312. The third-order valence-corrected chi connectivity index (χ3v) is 4.94. The Morgan fingerprint density at radius 1 is 1.03 bits per heavy atom. The summed E-state index contributed by atoms with van der Waals surface area (Å²) in [7, 11) is 0. The summed E-state index contributed by atoms with van der Waals surface area (Å²) in [5, 5.41) is 7.63. The van der Waals surface area contributed by atoms with Gasteiger partial charge in [-0.15, -0.1) is 0 Å². The number of nitrogens with zero attached hydrogens (tertiary/aromatic N) is 1. The van der Waals surface area contributed by atoms with Gasteiger partial charge in [0, 0.05) is 30.0 Å². The fourth-order valence-corrected chi connectivity index (χ4v) is 3.30. The van der Waals surface area contributed by atoms with Crippen molar-refractivity contribution in [2.75, 3.05) is 11.9 Å². The van der Waals surface area contributed by atoms with Crippen LogP contribution in [0.2, 0.25) is 0 Å². The number of amides is 2. The Morgan fingerprint density at radius 3 is 2.51 bits per heavy atom. The van der Waals surface area contributed by atoms with E-state index in [9.17, 15) is 9.59 Å². The second kappa shape index (κ2) is 11.8. The standard InChI is InChI=1S/C28H31N3O4/c1-5-6-7-16-34-24-12-9-20(10-13-24)25(19-30-27(33)35-28(2,3)4)26(32)31-23-11-8-22-18-29-15-14-21(22)17-23/h5-18,25H,19H2,1-4H3,(H,30,33)(H,31,32)/b6-5-,16-7-. The van der Waals surface area contributed by atoms with E-state index in [4.69, 9.17) is 9.47 Å². The molecule has 0 aliphatic heterocycles. The van der Waals surface area contributed by atoms with Gasteiger partial charge in [-0.2, -0.15) is 0 Å². The van der Waals surface area contributed by atoms with Crippen molar-refractivity contribution in [3.63, 3.8) is 0 Å². The van der Waals surface area contributed by atoms with Crippen molar-refractivity contribution < 1.29 is 19.1 Å². The maximum atomic E-state index is 13.3. The minimum Gasteiger partial charge on any atom is -0.465 e. The highest BCUT2D eigenvalue weighted by Gasteiger charge is 2.24. The van der Waals surface area contributed by atoms with Crippen molar-refractivity contribution in [2.24, 2.45) is 0 Å². The molecule has 1 heterocycles. The van der Waals surface area contributed by atoms with Crippen molar-refractivity contribution in [3.8, 4) is 5.75 Å². The van der Waals surface area contributed by atoms with Crippen LogP contribution in [0.25, 0.3) is 10.8 Å². The van der Waals surface area contributed by atoms with Crippen LogP contribution in [0.1, 0.15) is 39.2 Å². The Bertz CT molecular complexity index is 1210. The molecule has 1 atom stereocenters. The number of hydrogen-bond donors (Lipinski definition) is 2. The fourth-order valence-electron chi connectivity index (χ4n) is 3.30. The highest BCUT2D eigenvalue weighted by atomic mass is 16.6. The summed E-state index contributed by atoms with van der Waals surface area (Å²) >= 11 is 0. The molecule has 2 N–H and O–H groups in total. The first-order valence-corrected chi connectivity index (χ1v) is 11.4. The molecule has 2 amide bonds. The molecule has 7 heteroatoms. The van der Waals surface area contributed by atoms with E-state index in [1.165, 1.54) is 0 Å². The number of nitrogens with one attached hydrogen (secondary N) is 2. The first kappa shape index (κ1) is 25.5. The first-order chi connectivity index (χ1) is 16.7. The Hall–Kier alpha value is -4.13. The molecule has 0 fully saturated rings. The monoisotopic (exact) mass is 473 g/mol. The van der Waals surface area contributed by atoms with Crippen LogP contribution in [0, 0.1) is 0 Å². The number of alkyl carbamates (subject to hydrolysis) is 1. The van der Waals surface area contributed by atoms with Crippen LogP contribution in [0.3, 0.4) is 0 Å². The van der Waals surface area contributed by atoms with Crippen LogP contribution in [-0.2, 0) is 9.53 Å². The highest BCUT2D eigenvalue weighted by Crippen LogP contribution is 2.23. The van der Waals surface area contributed by atoms with Gasteiger partial charge in [-0.3, -0.25) is 9.78 Å². The molecular weight excluding hydrogens is 442 g/mol. The summed E-state index contributed by atoms with van der Waals surface area (Å²) in [5.41, 5.74) is 0.750. The number of ether oxygens (including phenoxy) is 2. The lowest BCUT2D eigenvalue weighted by Crippen LogP contribution is -2.37. The van der Waals surface area contributed by atoms with E-state index in [2.05, 4.69) is 15.6 Å². The Morgan fingerprint density at radius 2 is 1.80 bits per heavy atom. The molecule has 0 saturated carbocycles. The lowest BCUT2D eigenvalue weighted by Gasteiger charge is -2.22. The van der Waals surface area contributed by atoms with Crippen LogP contribution in [-0.4, -0.2) is 29.1 Å². The Kier molecular flexibility index (Phi) is 8.62. The fraction of sp³-hybridized carbons (Fsp3) is 0.250. The molecule has 1 aromatic heterocycles. The molecule has 3 rings (SSSR count). The average molecular weight is 474 g/mol. The number of rotatable bonds is 8. The predicted octanol–water partition coefficient (Wildman–Crippen LogP) is 5.95. The van der Waals surface area contributed by atoms with E-state index >= 15 is 0 Å². The molecule has 0 radical (unpaired) electrons. The molecule has 0 aliphatic carbocycles. The smallest absolute Gasteiger partial charge is 0.407 e. The summed E-state index contributed by atoms with van der Waals surface area (Å²) in [6.07, 6.45) is 10.0. The molecule has 0 bridgehead atoms. The van der Waals surface area contributed by atoms with Crippen molar-refractivity contribution in [1.82, 2.24) is 10.3 Å². The summed E-state index contributed by atoms with van der Waals surface area (Å²) < 4.78 is 10.9. The van der Waals surface area contributed by atoms with Crippen molar-refractivity contribution in [1.29, 1.82) is 0 Å². The number of fused-ring (bicyclic) bond motifs is 1. The molecule has 3 aromatic rings. The minimum absolute atomic E-state index is 0.0691. The number of anilines is 1. The zero-order chi connectivity index (χ0) is 25.3. The van der Waals surface area contributed by atoms with Crippen LogP contribution in [0.15, 0.2) is 85.4 Å². The molecule has 1 unspecified atom stereocenters. The molecule has 2 aromatic carbocycles. The number of aromatic nitrogens is 1. The first-order valence-electron chi connectivity index (χ1n) is 11.4. The van der Waals surface area contributed by atoms with Gasteiger partial charge in [0.05, 0.1) is 12.2 Å². The minimum atomic E-state index is -0.650. The molecule has 182 valence electrons. The second-order valence-corrected chi connectivity index (χ2v) is 8.90. The van der Waals surface area contributed by atoms with Gasteiger partial charge >= 0.3 is 6.09 Å². The van der Waals surface area contributed by atoms with E-state index in [1.54, 1.807) is 57.6 Å². The largest absolute Gasteiger partial charge is 0.465 e. The topological polar surface area (TPSA) is 89.5 Å². The maximum absolute atomic E-state index is 13.3. The lowest BCUT2D eigenvalue weighted by atomic mass is 9.97. The van der Waals surface area contributed by atoms with Crippen molar-refractivity contribution in [2.45, 2.75) is 39.2 Å². The van der Waals surface area contributed by atoms with Gasteiger partial charge in [-0.25, -0.2) is 4.79 Å². The zero-order valence-electron chi connectivity index (χ0n) is 20.4. The van der Waals surface area contributed by atoms with E-state index in [0.29, 0.717) is 11.4 Å². The van der Waals surface area contributed by atoms with Gasteiger partial charge in [-0.1, -0.05) is 30.4 Å². The molecule has 0 saturated heterocycles. The second-order valence-electron chi connectivity index (χ2n) is 8.90. The number of carbonyl (C=O) groups is 2. The normalized spacial score (nSPS) is 12.6. The molecular formula is C28H31N3O4. The van der Waals surface area contributed by atoms with Crippen LogP contribution in [0.4, 0.5) is 10.5 Å². The van der Waals surface area contributed by atoms with Gasteiger partial charge < -0.3 is 20.1 Å². The summed E-state index contributed by atoms with van der Waals surface area (Å²) in [5.74, 6) is -0.267. The van der Waals surface area contributed by atoms with Crippen LogP contribution in [0.5, 0.6) is 5.75 Å². The van der Waals surface area contributed by atoms with Crippen molar-refractivity contribution >= 4 is 28.5 Å². The van der Waals surface area contributed by atoms with Crippen LogP contribution < -0.4 is 15.4 Å². The third-order valence-electron chi connectivity index (χ3n) is 4.94. The predicted molar refractivity (Wildman–Crippen MR) is 138 cm³/mol. The number of pyridine rings is 1. The summed E-state index contributed by atoms with van der Waals surface area (Å²) in [4.78, 5) is 29.7. The van der Waals surface area contributed by atoms with Crippen LogP contribution >= 0.6 is 0 Å². The molecule has 0 aliphatic rings. The van der Waals surface area contributed by atoms with E-state index in [-0.39, 0.29) is 12.5 Å². The van der Waals surface area contributed by atoms with Gasteiger partial charge in [0.25, 0.3) is 0 Å². The summed E-state index contributed by atoms with van der Waals surface area (Å²) in [6.45, 7) is 7.35. The number of carbonyl (C=O) groups excluding carboxylic acids is 2. The van der Waals surface area contributed by atoms with Gasteiger partial charge in [0.15, 0.2) is 0 Å². The molecule has 7 nitrogen and oxygen atoms in total. The van der Waals surface area contributed by atoms with Gasteiger partial charge in [0.2, 0.25) is 5.91 Å². The summed E-state index contributed by atoms with van der Waals surface area (Å²) in [6, 6.07) is 14.7.